The van der Waals surface area contributed by atoms with E-state index in [0.717, 1.165) is 30.1 Å². The van der Waals surface area contributed by atoms with Gasteiger partial charge in [0.25, 0.3) is 0 Å². The summed E-state index contributed by atoms with van der Waals surface area (Å²) >= 11 is 0. The highest BCUT2D eigenvalue weighted by molar-refractivity contribution is 7.48. The molecule has 0 bridgehead atoms. The second kappa shape index (κ2) is 7.43. The molecule has 1 unspecified atom stereocenters. The lowest BCUT2D eigenvalue weighted by Crippen LogP contribution is -2.06. The molecule has 0 saturated heterocycles. The van der Waals surface area contributed by atoms with Crippen LogP contribution in [0.1, 0.15) is 25.3 Å². The van der Waals surface area contributed by atoms with Gasteiger partial charge in [0.15, 0.2) is 0 Å². The van der Waals surface area contributed by atoms with Gasteiger partial charge in [-0.2, -0.15) is 0 Å². The van der Waals surface area contributed by atoms with Gasteiger partial charge >= 0.3 is 0 Å². The summed E-state index contributed by atoms with van der Waals surface area (Å²) in [5, 5.41) is 0.837. The van der Waals surface area contributed by atoms with E-state index in [1.807, 2.05) is 30.3 Å². The zero-order valence-corrected chi connectivity index (χ0v) is 10.7. The van der Waals surface area contributed by atoms with Gasteiger partial charge in [-0.25, -0.2) is 0 Å². The molecule has 3 heteroatoms. The van der Waals surface area contributed by atoms with Crippen molar-refractivity contribution in [1.29, 1.82) is 0 Å². The highest BCUT2D eigenvalue weighted by Gasteiger charge is 2.07. The zero-order valence-electron chi connectivity index (χ0n) is 9.74. The Labute approximate surface area is 98.2 Å². The van der Waals surface area contributed by atoms with E-state index >= 15 is 0 Å². The predicted molar refractivity (Wildman–Crippen MR) is 69.8 cm³/mol. The first kappa shape index (κ1) is 13.2. The first-order chi connectivity index (χ1) is 7.79. The molecule has 1 rings (SSSR count). The van der Waals surface area contributed by atoms with E-state index in [1.165, 1.54) is 0 Å². The Morgan fingerprint density at radius 2 is 2.19 bits per heavy atom. The van der Waals surface area contributed by atoms with Gasteiger partial charge in [0.1, 0.15) is 0 Å². The Hall–Kier alpha value is -0.850. The van der Waals surface area contributed by atoms with Crippen LogP contribution in [-0.4, -0.2) is 6.61 Å². The van der Waals surface area contributed by atoms with Crippen molar-refractivity contribution in [3.8, 4) is 0 Å². The maximum absolute atomic E-state index is 11.9. The van der Waals surface area contributed by atoms with Crippen molar-refractivity contribution in [1.82, 2.24) is 0 Å². The van der Waals surface area contributed by atoms with Crippen molar-refractivity contribution in [3.05, 3.63) is 42.5 Å². The summed E-state index contributed by atoms with van der Waals surface area (Å²) in [5.41, 5.74) is 1.05. The first-order valence-corrected chi connectivity index (χ1v) is 6.97. The van der Waals surface area contributed by atoms with E-state index in [2.05, 4.69) is 13.5 Å². The monoisotopic (exact) mass is 238 g/mol. The third-order valence-electron chi connectivity index (χ3n) is 2.33. The predicted octanol–water partition coefficient (Wildman–Crippen LogP) is 3.33. The molecule has 0 heterocycles. The van der Waals surface area contributed by atoms with E-state index in [4.69, 9.17) is 4.52 Å². The molecule has 0 spiro atoms. The average Bonchev–Trinajstić information content (AvgIpc) is 2.30. The molecule has 0 aromatic heterocycles. The number of allylic oxidation sites excluding steroid dienone is 1. The molecule has 16 heavy (non-hydrogen) atoms. The molecule has 1 atom stereocenters. The summed E-state index contributed by atoms with van der Waals surface area (Å²) in [4.78, 5) is 0. The van der Waals surface area contributed by atoms with Crippen molar-refractivity contribution >= 4 is 13.3 Å². The third-order valence-corrected chi connectivity index (χ3v) is 3.73. The van der Waals surface area contributed by atoms with Crippen LogP contribution < -0.4 is 5.30 Å². The van der Waals surface area contributed by atoms with Gasteiger partial charge < -0.3 is 4.52 Å². The van der Waals surface area contributed by atoms with Crippen molar-refractivity contribution < 1.29 is 9.09 Å². The maximum atomic E-state index is 11.9. The van der Waals surface area contributed by atoms with Crippen LogP contribution in [0.2, 0.25) is 0 Å². The van der Waals surface area contributed by atoms with Crippen molar-refractivity contribution in [2.45, 2.75) is 26.2 Å². The van der Waals surface area contributed by atoms with Gasteiger partial charge in [0.2, 0.25) is 8.03 Å². The highest BCUT2D eigenvalue weighted by atomic mass is 31.1. The second-order valence-electron chi connectivity index (χ2n) is 3.64. The molecule has 2 nitrogen and oxygen atoms in total. The van der Waals surface area contributed by atoms with E-state index < -0.39 is 8.03 Å². The average molecular weight is 238 g/mol. The Bertz CT molecular complexity index is 361. The van der Waals surface area contributed by atoms with Crippen LogP contribution >= 0.6 is 8.03 Å². The van der Waals surface area contributed by atoms with Gasteiger partial charge in [0.05, 0.1) is 6.61 Å². The molecule has 1 aromatic rings. The van der Waals surface area contributed by atoms with Crippen LogP contribution in [-0.2, 0) is 15.5 Å². The number of hydrogen-bond acceptors (Lipinski definition) is 2. The normalized spacial score (nSPS) is 12.3. The lowest BCUT2D eigenvalue weighted by atomic mass is 10.1. The molecular weight excluding hydrogens is 219 g/mol. The minimum atomic E-state index is -2.09. The number of unbranched alkanes of at least 4 members (excludes halogenated alkanes) is 1. The van der Waals surface area contributed by atoms with E-state index in [0.29, 0.717) is 6.61 Å². The maximum Gasteiger partial charge on any atom is 0.220 e. The smallest absolute Gasteiger partial charge is 0.220 e. The summed E-state index contributed by atoms with van der Waals surface area (Å²) in [7, 11) is -2.09. The Kier molecular flexibility index (Phi) is 6.14. The van der Waals surface area contributed by atoms with Gasteiger partial charge in [-0.15, -0.1) is 6.58 Å². The summed E-state index contributed by atoms with van der Waals surface area (Å²) in [5.74, 6) is 0. The molecule has 0 fully saturated rings. The molecule has 0 aliphatic carbocycles. The molecular formula is C13H19O2P. The van der Waals surface area contributed by atoms with Crippen LogP contribution in [0.25, 0.3) is 0 Å². The number of benzene rings is 1. The molecule has 0 saturated carbocycles. The van der Waals surface area contributed by atoms with Gasteiger partial charge in [0, 0.05) is 5.30 Å². The van der Waals surface area contributed by atoms with E-state index in [9.17, 15) is 4.57 Å². The molecule has 88 valence electrons. The Morgan fingerprint density at radius 1 is 1.44 bits per heavy atom. The SMILES string of the molecule is C=CCc1ccccc1[PH](=O)OCCCC. The van der Waals surface area contributed by atoms with Gasteiger partial charge in [-0.1, -0.05) is 37.6 Å². The third kappa shape index (κ3) is 3.96. The van der Waals surface area contributed by atoms with Crippen LogP contribution in [0.3, 0.4) is 0 Å². The number of rotatable bonds is 7. The van der Waals surface area contributed by atoms with Gasteiger partial charge in [-0.3, -0.25) is 4.57 Å². The lowest BCUT2D eigenvalue weighted by molar-refractivity contribution is 0.326. The minimum absolute atomic E-state index is 0.580. The van der Waals surface area contributed by atoms with E-state index in [1.54, 1.807) is 0 Å². The van der Waals surface area contributed by atoms with Crippen LogP contribution in [0.5, 0.6) is 0 Å². The quantitative estimate of drug-likeness (QED) is 0.414. The van der Waals surface area contributed by atoms with Crippen molar-refractivity contribution in [2.75, 3.05) is 6.61 Å². The minimum Gasteiger partial charge on any atom is -0.327 e. The topological polar surface area (TPSA) is 26.3 Å². The standard InChI is InChI=1S/C13H19O2P/c1-3-5-11-15-16(14)13-10-7-6-9-12(13)8-4-2/h4,6-7,9-10,16H,2-3,5,8,11H2,1H3. The molecule has 0 amide bonds. The van der Waals surface area contributed by atoms with Crippen molar-refractivity contribution in [3.63, 3.8) is 0 Å². The molecule has 0 N–H and O–H groups in total. The fourth-order valence-corrected chi connectivity index (χ4v) is 2.61. The molecule has 0 radical (unpaired) electrons. The van der Waals surface area contributed by atoms with Gasteiger partial charge in [-0.05, 0) is 24.5 Å². The second-order valence-corrected chi connectivity index (χ2v) is 5.04. The molecule has 0 aliphatic heterocycles. The van der Waals surface area contributed by atoms with Crippen LogP contribution in [0, 0.1) is 0 Å². The summed E-state index contributed by atoms with van der Waals surface area (Å²) in [6.45, 7) is 6.37. The Balaban J connectivity index is 2.69. The largest absolute Gasteiger partial charge is 0.327 e. The summed E-state index contributed by atoms with van der Waals surface area (Å²) in [6, 6.07) is 7.70. The Morgan fingerprint density at radius 3 is 2.88 bits per heavy atom. The van der Waals surface area contributed by atoms with Crippen molar-refractivity contribution in [2.24, 2.45) is 0 Å². The lowest BCUT2D eigenvalue weighted by Gasteiger charge is -2.08. The zero-order chi connectivity index (χ0) is 11.8. The fraction of sp³-hybridized carbons (Fsp3) is 0.385. The fourth-order valence-electron chi connectivity index (χ4n) is 1.44. The number of hydrogen-bond donors (Lipinski definition) is 0. The summed E-state index contributed by atoms with van der Waals surface area (Å²) in [6.07, 6.45) is 4.58. The molecule has 0 aliphatic rings. The van der Waals surface area contributed by atoms with Crippen LogP contribution in [0.4, 0.5) is 0 Å². The molecule has 1 aromatic carbocycles. The summed E-state index contributed by atoms with van der Waals surface area (Å²) < 4.78 is 17.3. The van der Waals surface area contributed by atoms with E-state index in [-0.39, 0.29) is 0 Å². The van der Waals surface area contributed by atoms with Crippen LogP contribution in [0.15, 0.2) is 36.9 Å². The highest BCUT2D eigenvalue weighted by Crippen LogP contribution is 2.24. The first-order valence-electron chi connectivity index (χ1n) is 5.65.